The number of para-hydroxylation sites is 1. The van der Waals surface area contributed by atoms with Crippen molar-refractivity contribution in [2.45, 2.75) is 13.8 Å². The fourth-order valence-electron chi connectivity index (χ4n) is 1.93. The van der Waals surface area contributed by atoms with Crippen molar-refractivity contribution in [3.8, 4) is 10.4 Å². The summed E-state index contributed by atoms with van der Waals surface area (Å²) in [6.07, 6.45) is 0. The summed E-state index contributed by atoms with van der Waals surface area (Å²) >= 11 is 1.59. The number of amides is 1. The van der Waals surface area contributed by atoms with Gasteiger partial charge in [0.2, 0.25) is 5.91 Å². The van der Waals surface area contributed by atoms with E-state index in [4.69, 9.17) is 5.11 Å². The Morgan fingerprint density at radius 2 is 1.81 bits per heavy atom. The lowest BCUT2D eigenvalue weighted by molar-refractivity contribution is -0.145. The molecule has 1 amide bonds. The summed E-state index contributed by atoms with van der Waals surface area (Å²) in [5.74, 6) is -2.57. The van der Waals surface area contributed by atoms with Gasteiger partial charge in [-0.2, -0.15) is 0 Å². The number of thiophene rings is 1. The Kier molecular flexibility index (Phi) is 4.75. The number of carboxylic acid groups (broad SMARTS) is 1. The molecule has 0 saturated carbocycles. The molecule has 2 unspecified atom stereocenters. The van der Waals surface area contributed by atoms with Gasteiger partial charge >= 0.3 is 5.97 Å². The molecule has 1 heterocycles. The molecule has 5 heteroatoms. The van der Waals surface area contributed by atoms with E-state index in [1.165, 1.54) is 6.92 Å². The zero-order chi connectivity index (χ0) is 15.4. The normalized spacial score (nSPS) is 13.4. The summed E-state index contributed by atoms with van der Waals surface area (Å²) in [7, 11) is 0. The highest BCUT2D eigenvalue weighted by molar-refractivity contribution is 7.13. The largest absolute Gasteiger partial charge is 0.481 e. The monoisotopic (exact) mass is 303 g/mol. The molecule has 0 saturated heterocycles. The molecule has 0 aliphatic carbocycles. The molecule has 2 N–H and O–H groups in total. The van der Waals surface area contributed by atoms with Gasteiger partial charge in [-0.25, -0.2) is 0 Å². The lowest BCUT2D eigenvalue weighted by atomic mass is 9.95. The quantitative estimate of drug-likeness (QED) is 0.885. The summed E-state index contributed by atoms with van der Waals surface area (Å²) in [5, 5.41) is 13.8. The van der Waals surface area contributed by atoms with E-state index in [0.29, 0.717) is 5.69 Å². The topological polar surface area (TPSA) is 66.4 Å². The van der Waals surface area contributed by atoms with E-state index in [2.05, 4.69) is 5.32 Å². The number of carbonyl (C=O) groups excluding carboxylic acids is 1. The highest BCUT2D eigenvalue weighted by Crippen LogP contribution is 2.31. The zero-order valence-electron chi connectivity index (χ0n) is 11.9. The van der Waals surface area contributed by atoms with Crippen molar-refractivity contribution in [3.05, 3.63) is 41.8 Å². The molecule has 4 nitrogen and oxygen atoms in total. The first kappa shape index (κ1) is 15.3. The number of carboxylic acids is 1. The van der Waals surface area contributed by atoms with Crippen molar-refractivity contribution in [1.82, 2.24) is 0 Å². The predicted octanol–water partition coefficient (Wildman–Crippen LogP) is 3.71. The van der Waals surface area contributed by atoms with Crippen LogP contribution >= 0.6 is 11.3 Å². The van der Waals surface area contributed by atoms with Crippen LogP contribution in [0, 0.1) is 11.8 Å². The molecule has 0 bridgehead atoms. The highest BCUT2D eigenvalue weighted by Gasteiger charge is 2.26. The van der Waals surface area contributed by atoms with E-state index in [0.717, 1.165) is 10.4 Å². The Morgan fingerprint density at radius 1 is 1.10 bits per heavy atom. The number of anilines is 1. The summed E-state index contributed by atoms with van der Waals surface area (Å²) in [4.78, 5) is 24.2. The van der Waals surface area contributed by atoms with E-state index in [1.54, 1.807) is 18.3 Å². The number of hydrogen-bond donors (Lipinski definition) is 2. The molecule has 2 atom stereocenters. The van der Waals surface area contributed by atoms with Crippen LogP contribution in [0.25, 0.3) is 10.4 Å². The average molecular weight is 303 g/mol. The van der Waals surface area contributed by atoms with Crippen LogP contribution in [0.15, 0.2) is 41.8 Å². The van der Waals surface area contributed by atoms with Gasteiger partial charge in [-0.1, -0.05) is 38.1 Å². The third-order valence-corrected chi connectivity index (χ3v) is 4.43. The van der Waals surface area contributed by atoms with E-state index in [1.807, 2.05) is 41.8 Å². The van der Waals surface area contributed by atoms with Crippen LogP contribution in [0.1, 0.15) is 13.8 Å². The lowest BCUT2D eigenvalue weighted by Gasteiger charge is -2.17. The summed E-state index contributed by atoms with van der Waals surface area (Å²) in [5.41, 5.74) is 1.64. The van der Waals surface area contributed by atoms with Gasteiger partial charge in [-0.15, -0.1) is 11.3 Å². The second-order valence-corrected chi connectivity index (χ2v) is 5.88. The van der Waals surface area contributed by atoms with Gasteiger partial charge in [0, 0.05) is 22.0 Å². The minimum atomic E-state index is -0.968. The van der Waals surface area contributed by atoms with Crippen LogP contribution in [-0.4, -0.2) is 17.0 Å². The SMILES string of the molecule is CC(C(=O)O)C(C)C(=O)Nc1ccccc1-c1cccs1. The van der Waals surface area contributed by atoms with Crippen LogP contribution in [0.5, 0.6) is 0 Å². The van der Waals surface area contributed by atoms with Crippen LogP contribution < -0.4 is 5.32 Å². The molecule has 110 valence electrons. The molecule has 2 rings (SSSR count). The van der Waals surface area contributed by atoms with Gasteiger partial charge in [-0.05, 0) is 17.5 Å². The second-order valence-electron chi connectivity index (χ2n) is 4.93. The number of carbonyl (C=O) groups is 2. The van der Waals surface area contributed by atoms with Crippen LogP contribution in [0.3, 0.4) is 0 Å². The number of rotatable bonds is 5. The third-order valence-electron chi connectivity index (χ3n) is 3.52. The van der Waals surface area contributed by atoms with Crippen molar-refractivity contribution < 1.29 is 14.7 Å². The predicted molar refractivity (Wildman–Crippen MR) is 84.3 cm³/mol. The van der Waals surface area contributed by atoms with Crippen molar-refractivity contribution in [2.75, 3.05) is 5.32 Å². The summed E-state index contributed by atoms with van der Waals surface area (Å²) < 4.78 is 0. The Bertz CT molecular complexity index is 637. The van der Waals surface area contributed by atoms with Crippen molar-refractivity contribution in [1.29, 1.82) is 0 Å². The summed E-state index contributed by atoms with van der Waals surface area (Å²) in [6, 6.07) is 11.5. The maximum Gasteiger partial charge on any atom is 0.307 e. The number of benzene rings is 1. The minimum Gasteiger partial charge on any atom is -0.481 e. The average Bonchev–Trinajstić information content (AvgIpc) is 3.00. The first-order valence-corrected chi connectivity index (χ1v) is 7.55. The maximum absolute atomic E-state index is 12.2. The van der Waals surface area contributed by atoms with Crippen LogP contribution in [0.2, 0.25) is 0 Å². The molecule has 1 aromatic heterocycles. The number of hydrogen-bond acceptors (Lipinski definition) is 3. The molecule has 0 spiro atoms. The first-order valence-electron chi connectivity index (χ1n) is 6.67. The molecule has 0 aliphatic rings. The fourth-order valence-corrected chi connectivity index (χ4v) is 2.69. The molecule has 0 radical (unpaired) electrons. The molecular weight excluding hydrogens is 286 g/mol. The maximum atomic E-state index is 12.2. The molecule has 21 heavy (non-hydrogen) atoms. The Morgan fingerprint density at radius 3 is 2.43 bits per heavy atom. The van der Waals surface area contributed by atoms with E-state index < -0.39 is 17.8 Å². The van der Waals surface area contributed by atoms with E-state index in [9.17, 15) is 9.59 Å². The van der Waals surface area contributed by atoms with Gasteiger partial charge in [-0.3, -0.25) is 9.59 Å². The van der Waals surface area contributed by atoms with Crippen LogP contribution in [-0.2, 0) is 9.59 Å². The number of nitrogens with one attached hydrogen (secondary N) is 1. The molecule has 2 aromatic rings. The van der Waals surface area contributed by atoms with Gasteiger partial charge in [0.25, 0.3) is 0 Å². The fraction of sp³-hybridized carbons (Fsp3) is 0.250. The van der Waals surface area contributed by atoms with Crippen molar-refractivity contribution in [3.63, 3.8) is 0 Å². The number of aliphatic carboxylic acids is 1. The Labute approximate surface area is 127 Å². The Hall–Kier alpha value is -2.14. The highest BCUT2D eigenvalue weighted by atomic mass is 32.1. The van der Waals surface area contributed by atoms with E-state index in [-0.39, 0.29) is 5.91 Å². The lowest BCUT2D eigenvalue weighted by Crippen LogP contribution is -2.30. The molecule has 0 fully saturated rings. The van der Waals surface area contributed by atoms with Crippen molar-refractivity contribution in [2.24, 2.45) is 11.8 Å². The molecular formula is C16H17NO3S. The summed E-state index contributed by atoms with van der Waals surface area (Å²) in [6.45, 7) is 3.17. The smallest absolute Gasteiger partial charge is 0.307 e. The van der Waals surface area contributed by atoms with E-state index >= 15 is 0 Å². The first-order chi connectivity index (χ1) is 10.0. The standard InChI is InChI=1S/C16H17NO3S/c1-10(11(2)16(19)20)15(18)17-13-7-4-3-6-12(13)14-8-5-9-21-14/h3-11H,1-2H3,(H,17,18)(H,19,20). The van der Waals surface area contributed by atoms with Gasteiger partial charge in [0.1, 0.15) is 0 Å². The van der Waals surface area contributed by atoms with Gasteiger partial charge in [0.15, 0.2) is 0 Å². The minimum absolute atomic E-state index is 0.283. The van der Waals surface area contributed by atoms with Gasteiger partial charge in [0.05, 0.1) is 5.92 Å². The molecule has 0 aliphatic heterocycles. The Balaban J connectivity index is 2.21. The zero-order valence-corrected chi connectivity index (χ0v) is 12.7. The second kappa shape index (κ2) is 6.54. The van der Waals surface area contributed by atoms with Crippen molar-refractivity contribution >= 4 is 28.9 Å². The molecule has 1 aromatic carbocycles. The van der Waals surface area contributed by atoms with Crippen LogP contribution in [0.4, 0.5) is 5.69 Å². The third kappa shape index (κ3) is 3.49. The van der Waals surface area contributed by atoms with Gasteiger partial charge < -0.3 is 10.4 Å².